The van der Waals surface area contributed by atoms with E-state index in [9.17, 15) is 34.5 Å². The first-order valence-corrected chi connectivity index (χ1v) is 24.3. The average molecular weight is 916 g/mol. The number of unbranched alkanes of at least 4 members (excludes halogenated alkanes) is 1. The molecular formula is C52H85NO12. The fraction of sp³-hybridized carbons (Fsp3) is 0.769. The average Bonchev–Trinajstić information content (AvgIpc) is 3.27. The molecule has 2 aliphatic heterocycles. The van der Waals surface area contributed by atoms with Crippen LogP contribution in [0.4, 0.5) is 0 Å². The van der Waals surface area contributed by atoms with Crippen LogP contribution in [0, 0.1) is 35.5 Å². The Labute approximate surface area is 390 Å². The molecule has 0 aromatic rings. The number of carbonyl (C=O) groups is 4. The molecule has 2 fully saturated rings. The lowest BCUT2D eigenvalue weighted by Crippen LogP contribution is -2.57. The fourth-order valence-electron chi connectivity index (χ4n) is 9.73. The van der Waals surface area contributed by atoms with Crippen molar-refractivity contribution in [3.63, 3.8) is 0 Å². The van der Waals surface area contributed by atoms with E-state index in [0.29, 0.717) is 63.5 Å². The number of methoxy groups -OCH3 is 3. The Balaban J connectivity index is 2.04. The highest BCUT2D eigenvalue weighted by Gasteiger charge is 2.49. The Morgan fingerprint density at radius 1 is 0.892 bits per heavy atom. The molecule has 0 aromatic heterocycles. The minimum Gasteiger partial charge on any atom is -0.460 e. The van der Waals surface area contributed by atoms with Gasteiger partial charge < -0.3 is 39.0 Å². The number of aliphatic hydroxyl groups is 3. The second kappa shape index (κ2) is 27.2. The lowest BCUT2D eigenvalue weighted by molar-refractivity contribution is -0.267. The van der Waals surface area contributed by atoms with Gasteiger partial charge in [-0.05, 0) is 108 Å². The van der Waals surface area contributed by atoms with Crippen molar-refractivity contribution in [1.82, 2.24) is 4.90 Å². The largest absolute Gasteiger partial charge is 0.460 e. The molecule has 370 valence electrons. The number of hydrogen-bond donors (Lipinski definition) is 3. The summed E-state index contributed by atoms with van der Waals surface area (Å²) in [5, 5.41) is 34.0. The summed E-state index contributed by atoms with van der Waals surface area (Å²) in [5.74, 6) is -5.30. The molecule has 15 atom stereocenters. The van der Waals surface area contributed by atoms with Gasteiger partial charge in [-0.15, -0.1) is 0 Å². The van der Waals surface area contributed by atoms with E-state index in [1.165, 1.54) is 7.11 Å². The normalized spacial score (nSPS) is 37.9. The van der Waals surface area contributed by atoms with Gasteiger partial charge in [0.15, 0.2) is 11.6 Å². The zero-order valence-corrected chi connectivity index (χ0v) is 41.7. The van der Waals surface area contributed by atoms with E-state index in [1.807, 2.05) is 71.9 Å². The Morgan fingerprint density at radius 2 is 1.60 bits per heavy atom. The van der Waals surface area contributed by atoms with E-state index in [-0.39, 0.29) is 54.5 Å². The Hall–Kier alpha value is -2.88. The number of ether oxygens (including phenoxy) is 5. The number of cyclic esters (lactones) is 1. The maximum atomic E-state index is 14.3. The molecule has 65 heavy (non-hydrogen) atoms. The Kier molecular flexibility index (Phi) is 23.6. The van der Waals surface area contributed by atoms with Crippen molar-refractivity contribution in [3.8, 4) is 0 Å². The van der Waals surface area contributed by atoms with Crippen molar-refractivity contribution >= 4 is 23.3 Å². The standard InChI is InChI=1S/C52H85NO12/c1-13-14-24-53-31-47(56)52(60)38(8)20-22-41(65-52)29-44(61-10)33(3)19-17-15-16-18-32(2)25-36(6)48(57)50(63-12)49(58)37(7)26-34(4)43(55)30-45(64-51(59)39(53)9)35(5)27-40-21-23-42(54)46(28-40)62-11/h15-19,26,32,35-42,44-46,49-50,54,58,60H,13-14,20-25,27-31H2,1-12H3/b17-15?,18-16?,33-19?,34-26-. The van der Waals surface area contributed by atoms with Gasteiger partial charge in [0.2, 0.25) is 11.6 Å². The molecule has 2 heterocycles. The Morgan fingerprint density at radius 3 is 2.25 bits per heavy atom. The highest BCUT2D eigenvalue weighted by atomic mass is 16.6. The second-order valence-corrected chi connectivity index (χ2v) is 19.7. The van der Waals surface area contributed by atoms with Gasteiger partial charge in [0, 0.05) is 51.9 Å². The van der Waals surface area contributed by atoms with Crippen LogP contribution < -0.4 is 0 Å². The van der Waals surface area contributed by atoms with Gasteiger partial charge >= 0.3 is 5.97 Å². The third kappa shape index (κ3) is 16.4. The molecule has 13 heteroatoms. The molecule has 0 aromatic carbocycles. The van der Waals surface area contributed by atoms with E-state index >= 15 is 0 Å². The molecule has 0 radical (unpaired) electrons. The van der Waals surface area contributed by atoms with Crippen LogP contribution in [-0.4, -0.2) is 133 Å². The maximum absolute atomic E-state index is 14.3. The van der Waals surface area contributed by atoms with Crippen molar-refractivity contribution in [3.05, 3.63) is 47.6 Å². The van der Waals surface area contributed by atoms with Gasteiger partial charge in [-0.2, -0.15) is 0 Å². The number of Topliss-reactive ketones (excluding diaryl/α,β-unsaturated/α-hetero) is 3. The van der Waals surface area contributed by atoms with Gasteiger partial charge in [-0.1, -0.05) is 84.4 Å². The number of esters is 1. The Bertz CT molecular complexity index is 1660. The first kappa shape index (κ1) is 56.4. The summed E-state index contributed by atoms with van der Waals surface area (Å²) in [5.41, 5.74) is 1.30. The molecule has 1 saturated carbocycles. The van der Waals surface area contributed by atoms with Crippen LogP contribution in [0.25, 0.3) is 0 Å². The zero-order chi connectivity index (χ0) is 48.6. The van der Waals surface area contributed by atoms with Gasteiger partial charge in [-0.25, -0.2) is 0 Å². The van der Waals surface area contributed by atoms with Gasteiger partial charge in [0.05, 0.1) is 37.1 Å². The van der Waals surface area contributed by atoms with Crippen molar-refractivity contribution in [2.45, 2.75) is 187 Å². The minimum absolute atomic E-state index is 0.0443. The van der Waals surface area contributed by atoms with Gasteiger partial charge in [0.1, 0.15) is 18.2 Å². The van der Waals surface area contributed by atoms with E-state index in [4.69, 9.17) is 23.7 Å². The summed E-state index contributed by atoms with van der Waals surface area (Å²) < 4.78 is 29.7. The highest BCUT2D eigenvalue weighted by Crippen LogP contribution is 2.37. The lowest BCUT2D eigenvalue weighted by Gasteiger charge is -2.42. The van der Waals surface area contributed by atoms with E-state index < -0.39 is 71.9 Å². The van der Waals surface area contributed by atoms with Crippen molar-refractivity contribution in [2.75, 3.05) is 34.4 Å². The van der Waals surface area contributed by atoms with Crippen molar-refractivity contribution < 1.29 is 58.2 Å². The number of carbonyl (C=O) groups excluding carboxylic acids is 4. The van der Waals surface area contributed by atoms with Crippen LogP contribution in [0.5, 0.6) is 0 Å². The van der Waals surface area contributed by atoms with E-state index in [1.54, 1.807) is 46.0 Å². The number of allylic oxidation sites excluding steroid dienone is 6. The summed E-state index contributed by atoms with van der Waals surface area (Å²) >= 11 is 0. The monoisotopic (exact) mass is 916 g/mol. The predicted octanol–water partition coefficient (Wildman–Crippen LogP) is 7.29. The molecule has 3 rings (SSSR count). The summed E-state index contributed by atoms with van der Waals surface area (Å²) in [6, 6.07) is -0.901. The highest BCUT2D eigenvalue weighted by molar-refractivity contribution is 5.95. The molecule has 13 nitrogen and oxygen atoms in total. The van der Waals surface area contributed by atoms with Crippen molar-refractivity contribution in [2.24, 2.45) is 35.5 Å². The number of nitrogens with zero attached hydrogens (tertiary/aromatic N) is 1. The quantitative estimate of drug-likeness (QED) is 0.197. The predicted molar refractivity (Wildman–Crippen MR) is 252 cm³/mol. The SMILES string of the molecule is CCCCN1CC(=O)C2(O)OC(CCC2C)CC(OC)C(C)=CC=CC=CC(C)CC(C)C(=O)C(OC)C(O)C(C)/C=C(/C)C(=O)CC(C(C)CC2CCC(O)C(OC)C2)OC(=O)C1C. The van der Waals surface area contributed by atoms with Crippen LogP contribution in [0.3, 0.4) is 0 Å². The second-order valence-electron chi connectivity index (χ2n) is 19.7. The first-order valence-electron chi connectivity index (χ1n) is 24.3. The third-order valence-electron chi connectivity index (χ3n) is 14.4. The van der Waals surface area contributed by atoms with Crippen LogP contribution in [0.15, 0.2) is 47.6 Å². The number of aliphatic hydroxyl groups excluding tert-OH is 2. The lowest BCUT2D eigenvalue weighted by atomic mass is 9.78. The molecule has 0 spiro atoms. The summed E-state index contributed by atoms with van der Waals surface area (Å²) in [4.78, 5) is 58.1. The number of hydrogen-bond acceptors (Lipinski definition) is 13. The maximum Gasteiger partial charge on any atom is 0.323 e. The van der Waals surface area contributed by atoms with Crippen molar-refractivity contribution in [1.29, 1.82) is 0 Å². The number of ketones is 3. The molecule has 1 aliphatic carbocycles. The topological polar surface area (TPSA) is 178 Å². The molecule has 2 bridgehead atoms. The molecule has 3 aliphatic rings. The zero-order valence-electron chi connectivity index (χ0n) is 41.7. The smallest absolute Gasteiger partial charge is 0.323 e. The van der Waals surface area contributed by atoms with Crippen LogP contribution in [-0.2, 0) is 42.9 Å². The molecule has 0 amide bonds. The molecule has 3 N–H and O–H groups in total. The molecule has 15 unspecified atom stereocenters. The molecule has 1 saturated heterocycles. The van der Waals surface area contributed by atoms with Crippen LogP contribution in [0.1, 0.15) is 133 Å². The number of rotatable bonds is 9. The third-order valence-corrected chi connectivity index (χ3v) is 14.4. The van der Waals surface area contributed by atoms with E-state index in [2.05, 4.69) is 0 Å². The van der Waals surface area contributed by atoms with Crippen LogP contribution in [0.2, 0.25) is 0 Å². The van der Waals surface area contributed by atoms with Gasteiger partial charge in [-0.3, -0.25) is 24.1 Å². The minimum atomic E-state index is -2.08. The number of fused-ring (bicyclic) bond motifs is 2. The summed E-state index contributed by atoms with van der Waals surface area (Å²) in [6.45, 7) is 16.8. The summed E-state index contributed by atoms with van der Waals surface area (Å²) in [6.07, 6.45) is 12.6. The van der Waals surface area contributed by atoms with E-state index in [0.717, 1.165) is 18.4 Å². The summed E-state index contributed by atoms with van der Waals surface area (Å²) in [7, 11) is 4.61. The molecular weight excluding hydrogens is 831 g/mol. The van der Waals surface area contributed by atoms with Gasteiger partial charge in [0.25, 0.3) is 0 Å². The first-order chi connectivity index (χ1) is 30.7. The van der Waals surface area contributed by atoms with Crippen LogP contribution >= 0.6 is 0 Å². The fourth-order valence-corrected chi connectivity index (χ4v) is 9.73.